The van der Waals surface area contributed by atoms with Crippen LogP contribution in [0.2, 0.25) is 0 Å². The van der Waals surface area contributed by atoms with Crippen LogP contribution in [-0.4, -0.2) is 17.1 Å². The fraction of sp³-hybridized carbons (Fsp3) is 0.231. The van der Waals surface area contributed by atoms with Gasteiger partial charge >= 0.3 is 0 Å². The van der Waals surface area contributed by atoms with E-state index in [0.29, 0.717) is 12.0 Å². The number of hydrogen-bond acceptors (Lipinski definition) is 4. The van der Waals surface area contributed by atoms with Gasteiger partial charge in [-0.3, -0.25) is 0 Å². The highest BCUT2D eigenvalue weighted by atomic mass is 19.1. The Kier molecular flexibility index (Phi) is 3.84. The monoisotopic (exact) mass is 247 g/mol. The molecular weight excluding hydrogens is 233 g/mol. The van der Waals surface area contributed by atoms with Gasteiger partial charge in [0, 0.05) is 24.0 Å². The molecule has 2 rings (SSSR count). The Bertz CT molecular complexity index is 519. The first-order valence-electron chi connectivity index (χ1n) is 5.54. The van der Waals surface area contributed by atoms with Crippen LogP contribution in [0.4, 0.5) is 4.39 Å². The smallest absolute Gasteiger partial charge is 0.168 e. The molecule has 1 unspecified atom stereocenters. The lowest BCUT2D eigenvalue weighted by atomic mass is 10.0. The van der Waals surface area contributed by atoms with Crippen molar-refractivity contribution in [3.63, 3.8) is 0 Å². The lowest BCUT2D eigenvalue weighted by Crippen LogP contribution is -2.14. The maximum absolute atomic E-state index is 13.9. The molecule has 2 aromatic rings. The number of hydrogen-bond donors (Lipinski definition) is 1. The van der Waals surface area contributed by atoms with Gasteiger partial charge in [0.25, 0.3) is 0 Å². The number of methoxy groups -OCH3 is 1. The average molecular weight is 247 g/mol. The minimum absolute atomic E-state index is 0.226. The number of aromatic nitrogens is 2. The third-order valence-corrected chi connectivity index (χ3v) is 2.71. The molecule has 0 spiro atoms. The van der Waals surface area contributed by atoms with Crippen LogP contribution in [0.3, 0.4) is 0 Å². The van der Waals surface area contributed by atoms with Gasteiger partial charge < -0.3 is 10.5 Å². The molecule has 0 aliphatic heterocycles. The third-order valence-electron chi connectivity index (χ3n) is 2.71. The zero-order valence-corrected chi connectivity index (χ0v) is 10.0. The second-order valence-corrected chi connectivity index (χ2v) is 3.92. The Balaban J connectivity index is 2.19. The molecular formula is C13H14FN3O. The molecule has 0 saturated carbocycles. The van der Waals surface area contributed by atoms with E-state index in [2.05, 4.69) is 9.97 Å². The molecule has 1 heterocycles. The van der Waals surface area contributed by atoms with Crippen molar-refractivity contribution in [1.82, 2.24) is 9.97 Å². The van der Waals surface area contributed by atoms with Crippen molar-refractivity contribution in [3.05, 3.63) is 53.9 Å². The van der Waals surface area contributed by atoms with Gasteiger partial charge in [0.2, 0.25) is 0 Å². The summed E-state index contributed by atoms with van der Waals surface area (Å²) in [6.07, 6.45) is 5.07. The predicted octanol–water partition coefficient (Wildman–Crippen LogP) is 1.87. The summed E-state index contributed by atoms with van der Waals surface area (Å²) in [7, 11) is 1.44. The lowest BCUT2D eigenvalue weighted by Gasteiger charge is -2.13. The minimum atomic E-state index is -0.368. The summed E-state index contributed by atoms with van der Waals surface area (Å²) in [4.78, 5) is 7.79. The van der Waals surface area contributed by atoms with Crippen molar-refractivity contribution in [2.24, 2.45) is 5.73 Å². The zero-order valence-electron chi connectivity index (χ0n) is 10.0. The number of nitrogens with zero attached hydrogens (tertiary/aromatic N) is 2. The fourth-order valence-electron chi connectivity index (χ4n) is 1.73. The molecule has 1 aromatic heterocycles. The van der Waals surface area contributed by atoms with Gasteiger partial charge in [0.15, 0.2) is 11.6 Å². The van der Waals surface area contributed by atoms with Crippen LogP contribution in [0.1, 0.15) is 17.2 Å². The summed E-state index contributed by atoms with van der Waals surface area (Å²) in [6, 6.07) is 4.68. The Morgan fingerprint density at radius 1 is 1.33 bits per heavy atom. The van der Waals surface area contributed by atoms with E-state index in [-0.39, 0.29) is 17.6 Å². The quantitative estimate of drug-likeness (QED) is 0.895. The summed E-state index contributed by atoms with van der Waals surface area (Å²) >= 11 is 0. The molecule has 0 aliphatic rings. The number of benzene rings is 1. The predicted molar refractivity (Wildman–Crippen MR) is 65.6 cm³/mol. The first kappa shape index (κ1) is 12.4. The van der Waals surface area contributed by atoms with Crippen molar-refractivity contribution in [2.75, 3.05) is 7.11 Å². The molecule has 5 heteroatoms. The summed E-state index contributed by atoms with van der Waals surface area (Å²) in [5, 5.41) is 0. The molecule has 0 bridgehead atoms. The van der Waals surface area contributed by atoms with Crippen LogP contribution < -0.4 is 10.5 Å². The highest BCUT2D eigenvalue weighted by molar-refractivity contribution is 5.32. The van der Waals surface area contributed by atoms with E-state index in [1.807, 2.05) is 0 Å². The Morgan fingerprint density at radius 3 is 2.72 bits per heavy atom. The van der Waals surface area contributed by atoms with Crippen molar-refractivity contribution in [3.8, 4) is 5.75 Å². The highest BCUT2D eigenvalue weighted by Crippen LogP contribution is 2.23. The van der Waals surface area contributed by atoms with E-state index in [9.17, 15) is 4.39 Å². The summed E-state index contributed by atoms with van der Waals surface area (Å²) in [5.41, 5.74) is 7.30. The third kappa shape index (κ3) is 2.62. The second-order valence-electron chi connectivity index (χ2n) is 3.92. The normalized spacial score (nSPS) is 12.2. The van der Waals surface area contributed by atoms with Crippen molar-refractivity contribution in [1.29, 1.82) is 0 Å². The van der Waals surface area contributed by atoms with Crippen LogP contribution in [0, 0.1) is 5.82 Å². The molecule has 0 fully saturated rings. The first-order valence-corrected chi connectivity index (χ1v) is 5.54. The maximum atomic E-state index is 13.9. The minimum Gasteiger partial charge on any atom is -0.494 e. The van der Waals surface area contributed by atoms with Crippen molar-refractivity contribution >= 4 is 0 Å². The van der Waals surface area contributed by atoms with Gasteiger partial charge in [-0.15, -0.1) is 0 Å². The summed E-state index contributed by atoms with van der Waals surface area (Å²) < 4.78 is 18.9. The molecule has 0 radical (unpaired) electrons. The molecule has 1 atom stereocenters. The standard InChI is InChI=1S/C13H14FN3O/c1-18-12-4-2-3-9(13(12)14)5-11(15)10-6-16-8-17-7-10/h2-4,6-8,11H,5,15H2,1H3. The van der Waals surface area contributed by atoms with E-state index < -0.39 is 0 Å². The molecule has 0 amide bonds. The van der Waals surface area contributed by atoms with Crippen LogP contribution in [-0.2, 0) is 6.42 Å². The fourth-order valence-corrected chi connectivity index (χ4v) is 1.73. The lowest BCUT2D eigenvalue weighted by molar-refractivity contribution is 0.383. The van der Waals surface area contributed by atoms with Crippen molar-refractivity contribution < 1.29 is 9.13 Å². The van der Waals surface area contributed by atoms with E-state index in [1.165, 1.54) is 13.4 Å². The van der Waals surface area contributed by atoms with E-state index in [0.717, 1.165) is 5.56 Å². The zero-order chi connectivity index (χ0) is 13.0. The number of ether oxygens (including phenoxy) is 1. The van der Waals surface area contributed by atoms with Gasteiger partial charge in [-0.2, -0.15) is 0 Å². The Labute approximate surface area is 105 Å². The van der Waals surface area contributed by atoms with Crippen LogP contribution in [0.5, 0.6) is 5.75 Å². The molecule has 0 aliphatic carbocycles. The first-order chi connectivity index (χ1) is 8.72. The number of rotatable bonds is 4. The topological polar surface area (TPSA) is 61.0 Å². The van der Waals surface area contributed by atoms with Crippen LogP contribution in [0.25, 0.3) is 0 Å². The molecule has 94 valence electrons. The molecule has 2 N–H and O–H groups in total. The van der Waals surface area contributed by atoms with Gasteiger partial charge in [0.05, 0.1) is 7.11 Å². The van der Waals surface area contributed by atoms with E-state index >= 15 is 0 Å². The largest absolute Gasteiger partial charge is 0.494 e. The van der Waals surface area contributed by atoms with E-state index in [4.69, 9.17) is 10.5 Å². The molecule has 0 saturated heterocycles. The number of halogens is 1. The van der Waals surface area contributed by atoms with Gasteiger partial charge in [-0.05, 0) is 18.1 Å². The van der Waals surface area contributed by atoms with E-state index in [1.54, 1.807) is 30.6 Å². The van der Waals surface area contributed by atoms with Gasteiger partial charge in [-0.25, -0.2) is 14.4 Å². The molecule has 1 aromatic carbocycles. The number of nitrogens with two attached hydrogens (primary N) is 1. The highest BCUT2D eigenvalue weighted by Gasteiger charge is 2.13. The van der Waals surface area contributed by atoms with Gasteiger partial charge in [0.1, 0.15) is 6.33 Å². The maximum Gasteiger partial charge on any atom is 0.168 e. The average Bonchev–Trinajstić information content (AvgIpc) is 2.42. The molecule has 4 nitrogen and oxygen atoms in total. The SMILES string of the molecule is COc1cccc(CC(N)c2cncnc2)c1F. The van der Waals surface area contributed by atoms with Crippen LogP contribution in [0.15, 0.2) is 36.9 Å². The Hall–Kier alpha value is -2.01. The van der Waals surface area contributed by atoms with Gasteiger partial charge in [-0.1, -0.05) is 12.1 Å². The molecule has 18 heavy (non-hydrogen) atoms. The van der Waals surface area contributed by atoms with Crippen molar-refractivity contribution in [2.45, 2.75) is 12.5 Å². The summed E-state index contributed by atoms with van der Waals surface area (Å²) in [5.74, 6) is -0.142. The Morgan fingerprint density at radius 2 is 2.06 bits per heavy atom. The van der Waals surface area contributed by atoms with Crippen LogP contribution >= 0.6 is 0 Å². The second kappa shape index (κ2) is 5.55. The summed E-state index contributed by atoms with van der Waals surface area (Å²) in [6.45, 7) is 0.